The molecule has 0 bridgehead atoms. The highest BCUT2D eigenvalue weighted by Gasteiger charge is 2.61. The quantitative estimate of drug-likeness (QED) is 0.0893. The van der Waals surface area contributed by atoms with Crippen LogP contribution in [-0.4, -0.2) is 96.6 Å². The van der Waals surface area contributed by atoms with Gasteiger partial charge >= 0.3 is 11.4 Å². The summed E-state index contributed by atoms with van der Waals surface area (Å²) in [5.74, 6) is 4.45. The molecule has 6 heterocycles. The van der Waals surface area contributed by atoms with E-state index in [1.165, 1.54) is 21.3 Å². The molecule has 63 heavy (non-hydrogen) atoms. The van der Waals surface area contributed by atoms with Gasteiger partial charge in [0.05, 0.1) is 10.3 Å². The fourth-order valence-corrected chi connectivity index (χ4v) is 23.0. The van der Waals surface area contributed by atoms with Gasteiger partial charge in [-0.2, -0.15) is 0 Å². The Morgan fingerprint density at radius 1 is 0.651 bits per heavy atom. The third-order valence-electron chi connectivity index (χ3n) is 13.5. The van der Waals surface area contributed by atoms with Crippen LogP contribution in [0.5, 0.6) is 0 Å². The zero-order valence-corrected chi connectivity index (χ0v) is 43.9. The summed E-state index contributed by atoms with van der Waals surface area (Å²) in [6.45, 7) is 33.7. The van der Waals surface area contributed by atoms with Gasteiger partial charge in [-0.25, -0.2) is 9.59 Å². The van der Waals surface area contributed by atoms with E-state index in [1.54, 1.807) is 13.8 Å². The predicted molar refractivity (Wildman–Crippen MR) is 251 cm³/mol. The summed E-state index contributed by atoms with van der Waals surface area (Å²) >= 11 is 1.93. The number of aromatic amines is 2. The third kappa shape index (κ3) is 9.39. The minimum atomic E-state index is -2.76. The molecule has 2 aromatic rings. The number of fused-ring (bicyclic) bond motifs is 2. The molecule has 4 saturated heterocycles. The third-order valence-corrected chi connectivity index (χ3v) is 26.5. The molecule has 19 heteroatoms. The second-order valence-corrected chi connectivity index (χ2v) is 32.2. The van der Waals surface area contributed by atoms with E-state index < -0.39 is 106 Å². The number of aromatic nitrogens is 4. The summed E-state index contributed by atoms with van der Waals surface area (Å²) in [7, 11) is -5.10. The Morgan fingerprint density at radius 3 is 1.60 bits per heavy atom. The lowest BCUT2D eigenvalue weighted by atomic mass is 10.1. The Morgan fingerprint density at radius 2 is 1.10 bits per heavy atom. The number of hydrogen-bond donors (Lipinski definition) is 2. The Hall–Kier alpha value is -2.24. The molecular weight excluding hydrogens is 960 g/mol. The summed E-state index contributed by atoms with van der Waals surface area (Å²) in [5.41, 5.74) is -1.15. The maximum Gasteiger partial charge on any atom is 0.331 e. The maximum atomic E-state index is 14.1. The van der Waals surface area contributed by atoms with Gasteiger partial charge in [0.25, 0.3) is 11.1 Å². The molecular formula is C44H69IN4O12Si2. The van der Waals surface area contributed by atoms with Crippen molar-refractivity contribution in [3.05, 3.63) is 63.2 Å². The smallest absolute Gasteiger partial charge is 0.331 e. The fraction of sp³-hybridized carbons (Fsp3) is 0.773. The van der Waals surface area contributed by atoms with Crippen LogP contribution in [-0.2, 0) is 37.3 Å². The van der Waals surface area contributed by atoms with Crippen molar-refractivity contribution in [3.63, 3.8) is 0 Å². The molecule has 2 aromatic heterocycles. The number of nitrogens with zero attached hydrogens (tertiary/aromatic N) is 2. The van der Waals surface area contributed by atoms with Gasteiger partial charge in [0.1, 0.15) is 48.4 Å². The molecule has 0 amide bonds. The number of halogens is 1. The zero-order chi connectivity index (χ0) is 46.9. The molecule has 9 atom stereocenters. The van der Waals surface area contributed by atoms with Crippen LogP contribution in [0.25, 0.3) is 0 Å². The van der Waals surface area contributed by atoms with Gasteiger partial charge < -0.3 is 37.3 Å². The average molecular weight is 1030 g/mol. The van der Waals surface area contributed by atoms with E-state index in [0.717, 1.165) is 0 Å². The van der Waals surface area contributed by atoms with Gasteiger partial charge in [0.2, 0.25) is 8.32 Å². The Labute approximate surface area is 386 Å². The van der Waals surface area contributed by atoms with Crippen molar-refractivity contribution < 1.29 is 37.3 Å². The molecule has 4 aliphatic heterocycles. The largest absolute Gasteiger partial charge is 0.413 e. The van der Waals surface area contributed by atoms with Crippen LogP contribution in [0, 0.1) is 15.5 Å². The first kappa shape index (κ1) is 50.2. The molecule has 352 valence electrons. The van der Waals surface area contributed by atoms with E-state index in [-0.39, 0.29) is 28.9 Å². The first-order valence-corrected chi connectivity index (χ1v) is 27.8. The maximum absolute atomic E-state index is 14.1. The predicted octanol–water partition coefficient (Wildman–Crippen LogP) is 6.63. The monoisotopic (exact) mass is 1030 g/mol. The van der Waals surface area contributed by atoms with Gasteiger partial charge in [-0.05, 0) is 89.5 Å². The van der Waals surface area contributed by atoms with E-state index in [0.29, 0.717) is 20.3 Å². The van der Waals surface area contributed by atoms with Crippen LogP contribution in [0.4, 0.5) is 0 Å². The molecule has 0 spiro atoms. The van der Waals surface area contributed by atoms with Crippen molar-refractivity contribution in [1.29, 1.82) is 0 Å². The van der Waals surface area contributed by atoms with Crippen molar-refractivity contribution in [2.75, 3.05) is 6.61 Å². The van der Waals surface area contributed by atoms with Gasteiger partial charge in [0.15, 0.2) is 32.3 Å². The molecule has 0 unspecified atom stereocenters. The molecule has 4 fully saturated rings. The molecule has 2 N–H and O–H groups in total. The first-order chi connectivity index (χ1) is 29.2. The second-order valence-electron chi connectivity index (χ2n) is 20.3. The van der Waals surface area contributed by atoms with E-state index in [9.17, 15) is 19.2 Å². The number of hydrogen-bond acceptors (Lipinski definition) is 12. The summed E-state index contributed by atoms with van der Waals surface area (Å²) in [6, 6.07) is 2.58. The highest BCUT2D eigenvalue weighted by Crippen LogP contribution is 2.49. The standard InChI is InChI=1S/C44H69IN4O12Si2/c1-22(2)62(23(3)4,24(5)6)54-21-30-35-37(59-43(13,14)57-35)39(55-30)48-28(19-32(50)46-41(48)52)17-18-29(61-63(25(7)8,26(9)10)27(11)12)34-36-38(60-44(15,16)58-36)40(56-34)49-31(45)20-33(51)47-42(49)53/h19-20,22-27,29-30,34-40H,21H2,1-16H3,(H,46,50,52)(H,47,51,53)/t29-,30-,34-,35-,36-,37-,38-,39-,40-/m1/s1. The van der Waals surface area contributed by atoms with Crippen LogP contribution >= 0.6 is 22.6 Å². The highest BCUT2D eigenvalue weighted by atomic mass is 127. The van der Waals surface area contributed by atoms with E-state index in [4.69, 9.17) is 37.3 Å². The minimum Gasteiger partial charge on any atom is -0.413 e. The number of nitrogens with one attached hydrogen (secondary N) is 2. The van der Waals surface area contributed by atoms with E-state index in [1.807, 2.05) is 36.4 Å². The van der Waals surface area contributed by atoms with Crippen molar-refractivity contribution in [2.45, 2.75) is 211 Å². The summed E-state index contributed by atoms with van der Waals surface area (Å²) in [4.78, 5) is 57.7. The van der Waals surface area contributed by atoms with E-state index in [2.05, 4.69) is 105 Å². The molecule has 0 aliphatic carbocycles. The van der Waals surface area contributed by atoms with Crippen molar-refractivity contribution in [1.82, 2.24) is 19.1 Å². The van der Waals surface area contributed by atoms with Crippen LogP contribution in [0.2, 0.25) is 33.2 Å². The normalized spacial score (nSPS) is 28.4. The Bertz CT molecular complexity index is 2250. The van der Waals surface area contributed by atoms with Crippen LogP contribution in [0.3, 0.4) is 0 Å². The van der Waals surface area contributed by atoms with Crippen molar-refractivity contribution in [3.8, 4) is 11.8 Å². The molecule has 6 rings (SSSR count). The zero-order valence-electron chi connectivity index (χ0n) is 39.7. The van der Waals surface area contributed by atoms with Crippen LogP contribution in [0.1, 0.15) is 129 Å². The van der Waals surface area contributed by atoms with Gasteiger partial charge in [-0.1, -0.05) is 89.0 Å². The van der Waals surface area contributed by atoms with Gasteiger partial charge in [0, 0.05) is 12.1 Å². The number of H-pyrrole nitrogens is 2. The minimum absolute atomic E-state index is 0.0681. The van der Waals surface area contributed by atoms with Gasteiger partial charge in [-0.3, -0.25) is 28.7 Å². The number of rotatable bonds is 14. The van der Waals surface area contributed by atoms with Crippen LogP contribution in [0.15, 0.2) is 31.3 Å². The van der Waals surface area contributed by atoms with Gasteiger partial charge in [-0.15, -0.1) is 0 Å². The molecule has 16 nitrogen and oxygen atoms in total. The lowest BCUT2D eigenvalue weighted by Crippen LogP contribution is -2.53. The summed E-state index contributed by atoms with van der Waals surface area (Å²) < 4.78 is 56.9. The highest BCUT2D eigenvalue weighted by molar-refractivity contribution is 14.1. The first-order valence-electron chi connectivity index (χ1n) is 22.4. The van der Waals surface area contributed by atoms with Crippen molar-refractivity contribution >= 4 is 39.2 Å². The lowest BCUT2D eigenvalue weighted by molar-refractivity contribution is -0.204. The SMILES string of the molecule is CC(C)[Si](OC[C@H]1O[C@@H](n2c(C#C[C@@H](O[Si](C(C)C)(C(C)C)C(C)C)[C@H]3O[C@@H](n4c(I)cc(=O)[nH]c4=O)[C@@H]4OC(C)(C)O[C@@H]43)cc(=O)[nH]c2=O)[C@@H]2OC(C)(C)O[C@@H]21)(C(C)C)C(C)C. The topological polar surface area (TPSA) is 184 Å². The lowest BCUT2D eigenvalue weighted by Gasteiger charge is -2.44. The summed E-state index contributed by atoms with van der Waals surface area (Å²) in [6.07, 6.45) is -7.51. The summed E-state index contributed by atoms with van der Waals surface area (Å²) in [5, 5.41) is 0. The second kappa shape index (κ2) is 18.4. The number of ether oxygens (including phenoxy) is 6. The fourth-order valence-electron chi connectivity index (χ4n) is 11.3. The molecule has 0 saturated carbocycles. The van der Waals surface area contributed by atoms with Crippen molar-refractivity contribution in [2.24, 2.45) is 0 Å². The molecule has 0 aromatic carbocycles. The molecule has 0 radical (unpaired) electrons. The average Bonchev–Trinajstić information content (AvgIpc) is 3.83. The van der Waals surface area contributed by atoms with E-state index >= 15 is 0 Å². The Balaban J connectivity index is 1.47. The Kier molecular flexibility index (Phi) is 14.7. The van der Waals surface area contributed by atoms with Crippen LogP contribution < -0.4 is 22.5 Å². The molecule has 4 aliphatic rings.